The van der Waals surface area contributed by atoms with E-state index >= 15 is 0 Å². The maximum Gasteiger partial charge on any atom is 0.322 e. The van der Waals surface area contributed by atoms with Gasteiger partial charge >= 0.3 is 5.97 Å². The van der Waals surface area contributed by atoms with Crippen molar-refractivity contribution in [1.82, 2.24) is 9.03 Å². The molecule has 1 aliphatic rings. The summed E-state index contributed by atoms with van der Waals surface area (Å²) in [6.07, 6.45) is 0.206. The van der Waals surface area contributed by atoms with Crippen molar-refractivity contribution in [2.45, 2.75) is 18.5 Å². The van der Waals surface area contributed by atoms with Crippen LogP contribution in [0.2, 0.25) is 0 Å². The Morgan fingerprint density at radius 1 is 1.61 bits per heavy atom. The number of likely N-dealkylation sites (N-methyl/N-ethyl adjacent to an activating group) is 1. The van der Waals surface area contributed by atoms with Gasteiger partial charge in [0.1, 0.15) is 6.04 Å². The highest BCUT2D eigenvalue weighted by molar-refractivity contribution is 9.11. The Balaban J connectivity index is 2.33. The number of rotatable bonds is 2. The molecule has 2 rings (SSSR count). The molecule has 0 amide bonds. The highest BCUT2D eigenvalue weighted by atomic mass is 79.9. The molecule has 0 bridgehead atoms. The number of carboxylic acids is 1. The van der Waals surface area contributed by atoms with E-state index in [1.54, 1.807) is 6.07 Å². The Morgan fingerprint density at radius 2 is 2.28 bits per heavy atom. The van der Waals surface area contributed by atoms with Crippen molar-refractivity contribution in [3.63, 3.8) is 0 Å². The van der Waals surface area contributed by atoms with E-state index in [0.717, 1.165) is 13.0 Å². The number of nitrogens with one attached hydrogen (secondary N) is 1. The quantitative estimate of drug-likeness (QED) is 0.834. The van der Waals surface area contributed by atoms with Crippen molar-refractivity contribution in [3.05, 3.63) is 20.8 Å². The van der Waals surface area contributed by atoms with Crippen molar-refractivity contribution < 1.29 is 18.3 Å². The second-order valence-electron chi connectivity index (χ2n) is 3.92. The zero-order valence-electron chi connectivity index (χ0n) is 9.33. The third-order valence-electron chi connectivity index (χ3n) is 2.79. The molecule has 1 aromatic rings. The number of aliphatic carboxylic acids is 1. The summed E-state index contributed by atoms with van der Waals surface area (Å²) in [7, 11) is -2.48. The van der Waals surface area contributed by atoms with Gasteiger partial charge in [0.25, 0.3) is 10.2 Å². The highest BCUT2D eigenvalue weighted by Crippen LogP contribution is 2.33. The molecule has 100 valence electrons. The Hall–Kier alpha value is -0.480. The predicted molar refractivity (Wildman–Crippen MR) is 70.6 cm³/mol. The summed E-state index contributed by atoms with van der Waals surface area (Å²) in [6.45, 7) is 0. The van der Waals surface area contributed by atoms with Crippen LogP contribution in [0.5, 0.6) is 0 Å². The summed E-state index contributed by atoms with van der Waals surface area (Å²) in [4.78, 5) is 11.9. The van der Waals surface area contributed by atoms with Gasteiger partial charge in [-0.05, 0) is 34.5 Å². The van der Waals surface area contributed by atoms with Crippen LogP contribution < -0.4 is 4.72 Å². The molecule has 6 nitrogen and oxygen atoms in total. The van der Waals surface area contributed by atoms with E-state index in [2.05, 4.69) is 20.7 Å². The van der Waals surface area contributed by atoms with Crippen molar-refractivity contribution in [1.29, 1.82) is 0 Å². The van der Waals surface area contributed by atoms with Crippen LogP contribution in [0, 0.1) is 0 Å². The Bertz CT molecular complexity index is 571. The van der Waals surface area contributed by atoms with Crippen LogP contribution in [-0.2, 0) is 15.0 Å². The second kappa shape index (κ2) is 4.89. The minimum Gasteiger partial charge on any atom is -0.480 e. The fourth-order valence-corrected chi connectivity index (χ4v) is 4.62. The lowest BCUT2D eigenvalue weighted by Crippen LogP contribution is -2.54. The van der Waals surface area contributed by atoms with Gasteiger partial charge in [0.2, 0.25) is 0 Å². The third kappa shape index (κ3) is 2.59. The van der Waals surface area contributed by atoms with Crippen LogP contribution >= 0.6 is 27.3 Å². The number of hydrogen-bond donors (Lipinski definition) is 2. The predicted octanol–water partition coefficient (Wildman–Crippen LogP) is 1.17. The monoisotopic (exact) mass is 354 g/mol. The lowest BCUT2D eigenvalue weighted by atomic mass is 10.1. The van der Waals surface area contributed by atoms with Gasteiger partial charge in [-0.3, -0.25) is 4.79 Å². The standard InChI is InChI=1S/C9H11BrN2O4S2/c1-12-6(9(13)14)4-5(11-18(12,15)16)7-2-3-8(10)17-7/h2-3,5-6,11H,4H2,1H3,(H,13,14). The van der Waals surface area contributed by atoms with Gasteiger partial charge < -0.3 is 5.11 Å². The maximum atomic E-state index is 11.8. The van der Waals surface area contributed by atoms with Gasteiger partial charge in [-0.2, -0.15) is 17.4 Å². The molecule has 1 aliphatic heterocycles. The van der Waals surface area contributed by atoms with Crippen molar-refractivity contribution in [2.75, 3.05) is 7.05 Å². The van der Waals surface area contributed by atoms with Crippen LogP contribution in [0.3, 0.4) is 0 Å². The summed E-state index contributed by atoms with van der Waals surface area (Å²) in [5.41, 5.74) is 0. The molecule has 2 unspecified atom stereocenters. The van der Waals surface area contributed by atoms with Gasteiger partial charge in [0.15, 0.2) is 0 Å². The Labute approximate surface area is 117 Å². The molecule has 0 saturated carbocycles. The Kier molecular flexibility index (Phi) is 3.79. The van der Waals surface area contributed by atoms with Gasteiger partial charge in [0, 0.05) is 11.9 Å². The lowest BCUT2D eigenvalue weighted by Gasteiger charge is -2.34. The zero-order chi connectivity index (χ0) is 13.5. The van der Waals surface area contributed by atoms with Gasteiger partial charge in [-0.1, -0.05) is 0 Å². The smallest absolute Gasteiger partial charge is 0.322 e. The van der Waals surface area contributed by atoms with E-state index < -0.39 is 28.3 Å². The first kappa shape index (κ1) is 13.9. The molecule has 0 radical (unpaired) electrons. The maximum absolute atomic E-state index is 11.8. The van der Waals surface area contributed by atoms with E-state index in [4.69, 9.17) is 5.11 Å². The molecular weight excluding hydrogens is 344 g/mol. The van der Waals surface area contributed by atoms with Crippen LogP contribution in [0.25, 0.3) is 0 Å². The molecule has 2 N–H and O–H groups in total. The summed E-state index contributed by atoms with van der Waals surface area (Å²) in [6, 6.07) is 2.06. The average Bonchev–Trinajstić information content (AvgIpc) is 2.68. The molecule has 1 saturated heterocycles. The summed E-state index contributed by atoms with van der Waals surface area (Å²) >= 11 is 4.69. The largest absolute Gasteiger partial charge is 0.480 e. The van der Waals surface area contributed by atoms with Crippen molar-refractivity contribution >= 4 is 43.4 Å². The van der Waals surface area contributed by atoms with E-state index in [0.29, 0.717) is 0 Å². The molecule has 1 aromatic heterocycles. The lowest BCUT2D eigenvalue weighted by molar-refractivity contribution is -0.141. The second-order valence-corrected chi connectivity index (χ2v) is 8.18. The van der Waals surface area contributed by atoms with Crippen LogP contribution in [-0.4, -0.2) is 36.9 Å². The fraction of sp³-hybridized carbons (Fsp3) is 0.444. The molecule has 0 spiro atoms. The molecule has 2 heterocycles. The molecule has 1 fully saturated rings. The van der Waals surface area contributed by atoms with Crippen molar-refractivity contribution in [2.24, 2.45) is 0 Å². The number of carbonyl (C=O) groups is 1. The Morgan fingerprint density at radius 3 is 2.78 bits per heavy atom. The van der Waals surface area contributed by atoms with E-state index in [1.807, 2.05) is 6.07 Å². The number of carboxylic acid groups (broad SMARTS) is 1. The summed E-state index contributed by atoms with van der Waals surface area (Å²) < 4.78 is 27.9. The molecule has 0 aromatic carbocycles. The van der Waals surface area contributed by atoms with Crippen LogP contribution in [0.15, 0.2) is 15.9 Å². The topological polar surface area (TPSA) is 86.7 Å². The van der Waals surface area contributed by atoms with Crippen molar-refractivity contribution in [3.8, 4) is 0 Å². The molecular formula is C9H11BrN2O4S2. The van der Waals surface area contributed by atoms with Crippen LogP contribution in [0.1, 0.15) is 17.3 Å². The van der Waals surface area contributed by atoms with E-state index in [-0.39, 0.29) is 6.42 Å². The summed E-state index contributed by atoms with van der Waals surface area (Å²) in [5.74, 6) is -1.14. The van der Waals surface area contributed by atoms with Gasteiger partial charge in [-0.25, -0.2) is 0 Å². The normalized spacial score (nSPS) is 28.1. The molecule has 2 atom stereocenters. The highest BCUT2D eigenvalue weighted by Gasteiger charge is 2.40. The first-order chi connectivity index (χ1) is 8.31. The number of halogens is 1. The van der Waals surface area contributed by atoms with E-state index in [1.165, 1.54) is 18.4 Å². The zero-order valence-corrected chi connectivity index (χ0v) is 12.5. The molecule has 18 heavy (non-hydrogen) atoms. The van der Waals surface area contributed by atoms with Gasteiger partial charge in [-0.15, -0.1) is 11.3 Å². The summed E-state index contributed by atoms with van der Waals surface area (Å²) in [5, 5.41) is 9.07. The first-order valence-corrected chi connectivity index (χ1v) is 8.09. The number of nitrogens with zero attached hydrogens (tertiary/aromatic N) is 1. The fourth-order valence-electron chi connectivity index (χ4n) is 1.80. The SMILES string of the molecule is CN1C(C(=O)O)CC(c2ccc(Br)s2)NS1(=O)=O. The molecule has 0 aliphatic carbocycles. The number of hydrogen-bond acceptors (Lipinski definition) is 4. The van der Waals surface area contributed by atoms with Crippen LogP contribution in [0.4, 0.5) is 0 Å². The van der Waals surface area contributed by atoms with Gasteiger partial charge in [0.05, 0.1) is 9.83 Å². The molecule has 9 heteroatoms. The minimum absolute atomic E-state index is 0.206. The minimum atomic E-state index is -3.75. The van der Waals surface area contributed by atoms with E-state index in [9.17, 15) is 13.2 Å². The third-order valence-corrected chi connectivity index (χ3v) is 6.12. The number of thiophene rings is 1. The first-order valence-electron chi connectivity index (χ1n) is 5.04. The average molecular weight is 355 g/mol.